The minimum absolute atomic E-state index is 0. The Hall–Kier alpha value is -5.91. The van der Waals surface area contributed by atoms with E-state index in [9.17, 15) is 0 Å². The van der Waals surface area contributed by atoms with Gasteiger partial charge in [0.25, 0.3) is 0 Å². The van der Waals surface area contributed by atoms with E-state index in [0.717, 1.165) is 77.8 Å². The molecule has 1 radical (unpaired) electrons. The number of imidazole rings is 1. The van der Waals surface area contributed by atoms with Crippen molar-refractivity contribution in [2.45, 2.75) is 33.4 Å². The van der Waals surface area contributed by atoms with Crippen LogP contribution in [0.1, 0.15) is 15.2 Å². The van der Waals surface area contributed by atoms with Crippen molar-refractivity contribution in [1.82, 2.24) is 14.5 Å². The van der Waals surface area contributed by atoms with Gasteiger partial charge in [0.05, 0.1) is 36.2 Å². The van der Waals surface area contributed by atoms with Crippen molar-refractivity contribution < 1.29 is 28.6 Å². The van der Waals surface area contributed by atoms with Gasteiger partial charge < -0.3 is 14.0 Å². The zero-order valence-corrected chi connectivity index (χ0v) is 35.5. The zero-order chi connectivity index (χ0) is 40.9. The normalized spacial score (nSPS) is 12.5. The third kappa shape index (κ3) is 7.17. The molecular formula is C51H41IrN3OSi-2. The summed E-state index contributed by atoms with van der Waals surface area (Å²) in [5.41, 5.74) is 11.1. The number of pyridine rings is 1. The van der Waals surface area contributed by atoms with Crippen molar-refractivity contribution in [3.05, 3.63) is 181 Å². The van der Waals surface area contributed by atoms with Gasteiger partial charge in [-0.3, -0.25) is 4.98 Å². The Bertz CT molecular complexity index is 3150. The fourth-order valence-corrected chi connectivity index (χ4v) is 9.40. The van der Waals surface area contributed by atoms with Crippen molar-refractivity contribution >= 4 is 57.0 Å². The second-order valence-electron chi connectivity index (χ2n) is 15.1. The van der Waals surface area contributed by atoms with E-state index in [-0.39, 0.29) is 20.1 Å². The largest absolute Gasteiger partial charge is 0.501 e. The average Bonchev–Trinajstić information content (AvgIpc) is 3.82. The van der Waals surface area contributed by atoms with Crippen LogP contribution in [-0.2, 0) is 20.1 Å². The molecule has 0 fully saturated rings. The van der Waals surface area contributed by atoms with E-state index in [2.05, 4.69) is 151 Å². The number of aromatic nitrogens is 3. The van der Waals surface area contributed by atoms with Gasteiger partial charge in [-0.25, -0.2) is 0 Å². The number of nitrogens with zero attached hydrogens (tertiary/aromatic N) is 3. The average molecular weight is 935 g/mol. The Morgan fingerprint density at radius 3 is 2.26 bits per heavy atom. The first-order chi connectivity index (χ1) is 28.5. The van der Waals surface area contributed by atoms with Crippen LogP contribution in [0.4, 0.5) is 0 Å². The van der Waals surface area contributed by atoms with Crippen LogP contribution in [0.5, 0.6) is 0 Å². The number of fused-ring (bicyclic) bond motifs is 5. The predicted molar refractivity (Wildman–Crippen MR) is 237 cm³/mol. The van der Waals surface area contributed by atoms with Crippen molar-refractivity contribution in [3.8, 4) is 39.5 Å². The molecule has 10 rings (SSSR count). The van der Waals surface area contributed by atoms with Crippen LogP contribution in [0.15, 0.2) is 162 Å². The second kappa shape index (κ2) is 15.6. The van der Waals surface area contributed by atoms with E-state index < -0.39 is 14.9 Å². The molecule has 0 aliphatic rings. The van der Waals surface area contributed by atoms with Crippen molar-refractivity contribution in [3.63, 3.8) is 0 Å². The summed E-state index contributed by atoms with van der Waals surface area (Å²) in [5.74, 6) is 0.810. The molecule has 6 heteroatoms. The summed E-state index contributed by atoms with van der Waals surface area (Å²) < 4.78 is 30.9. The summed E-state index contributed by atoms with van der Waals surface area (Å²) in [6.07, 6.45) is 1.96. The fourth-order valence-electron chi connectivity index (χ4n) is 7.70. The maximum absolute atomic E-state index is 7.38. The van der Waals surface area contributed by atoms with E-state index in [1.807, 2.05) is 36.5 Å². The van der Waals surface area contributed by atoms with Crippen LogP contribution in [0, 0.1) is 25.9 Å². The molecule has 3 aromatic heterocycles. The molecule has 0 saturated heterocycles. The van der Waals surface area contributed by atoms with Gasteiger partial charge in [-0.15, -0.1) is 53.6 Å². The van der Waals surface area contributed by atoms with Crippen LogP contribution in [0.25, 0.3) is 83.2 Å². The molecule has 0 unspecified atom stereocenters. The number of para-hydroxylation sites is 3. The molecule has 0 bridgehead atoms. The van der Waals surface area contributed by atoms with E-state index >= 15 is 0 Å². The van der Waals surface area contributed by atoms with Gasteiger partial charge in [-0.05, 0) is 47.0 Å². The maximum atomic E-state index is 7.38. The molecule has 0 spiro atoms. The smallest absolute Gasteiger partial charge is 0.120 e. The first-order valence-corrected chi connectivity index (χ1v) is 22.3. The predicted octanol–water partition coefficient (Wildman–Crippen LogP) is 12.9. The molecule has 0 atom stereocenters. The third-order valence-corrected chi connectivity index (χ3v) is 12.5. The summed E-state index contributed by atoms with van der Waals surface area (Å²) in [7, 11) is -1.38. The van der Waals surface area contributed by atoms with Crippen molar-refractivity contribution in [2.75, 3.05) is 0 Å². The molecule has 0 aliphatic carbocycles. The first kappa shape index (κ1) is 34.3. The summed E-state index contributed by atoms with van der Waals surface area (Å²) in [6, 6.07) is 57.6. The van der Waals surface area contributed by atoms with Gasteiger partial charge in [0, 0.05) is 46.8 Å². The monoisotopic (exact) mass is 935 g/mol. The molecule has 7 aromatic carbocycles. The zero-order valence-electron chi connectivity index (χ0n) is 35.1. The van der Waals surface area contributed by atoms with Crippen LogP contribution in [0.3, 0.4) is 0 Å². The summed E-state index contributed by atoms with van der Waals surface area (Å²) in [6.45, 7) is 6.92. The summed E-state index contributed by atoms with van der Waals surface area (Å²) in [4.78, 5) is 9.72. The molecule has 3 heterocycles. The topological polar surface area (TPSA) is 43.9 Å². The number of hydrogen-bond acceptors (Lipinski definition) is 3. The fraction of sp³-hybridized carbons (Fsp3) is 0.0980. The summed E-state index contributed by atoms with van der Waals surface area (Å²) >= 11 is 0. The number of furan rings is 1. The first-order valence-electron chi connectivity index (χ1n) is 20.3. The minimum Gasteiger partial charge on any atom is -0.501 e. The van der Waals surface area contributed by atoms with E-state index in [4.69, 9.17) is 13.5 Å². The Labute approximate surface area is 352 Å². The molecule has 10 aromatic rings. The molecular weight excluding hydrogens is 891 g/mol. The standard InChI is InChI=1S/C35H21N2O.C16H20NSi.Ir/c1-2-11-23(12-3-1)26-22-21-24-13-4-5-14-25(24)33(26)37-31-19-8-7-18-30(31)36-35(37)29-17-10-16-28-27-15-6-9-20-32(27)38-34(28)29;1-12-6-8-14(9-7-12)15-10-13(2)16(11-17-15)18(3,4)5;/h1-16,18-22H;6-8,10-11H,1-5H3;/q2*-1;/i;1D3;. The SMILES string of the molecule is [2H]C([2H])([2H])c1c[c-]c(-c2cc(C)c([Si](C)(C)C)cn2)cc1.[Ir].[c-]1ccc2c(oc3ccccc32)c1-c1nc2ccccc2n1-c1c(-c2ccccc2)ccc2ccccc12. The van der Waals surface area contributed by atoms with Gasteiger partial charge in [-0.2, -0.15) is 0 Å². The Balaban J connectivity index is 0.000000194. The van der Waals surface area contributed by atoms with E-state index in [0.29, 0.717) is 5.56 Å². The van der Waals surface area contributed by atoms with Gasteiger partial charge in [0.15, 0.2) is 0 Å². The van der Waals surface area contributed by atoms with Crippen LogP contribution >= 0.6 is 0 Å². The molecule has 0 N–H and O–H groups in total. The molecule has 0 saturated carbocycles. The number of aryl methyl sites for hydroxylation is 2. The number of rotatable bonds is 5. The van der Waals surface area contributed by atoms with Gasteiger partial charge in [-0.1, -0.05) is 146 Å². The number of benzene rings is 7. The quantitative estimate of drug-likeness (QED) is 0.128. The third-order valence-electron chi connectivity index (χ3n) is 10.3. The molecule has 281 valence electrons. The summed E-state index contributed by atoms with van der Waals surface area (Å²) in [5, 5.41) is 5.85. The molecule has 0 amide bonds. The van der Waals surface area contributed by atoms with Gasteiger partial charge in [0.2, 0.25) is 0 Å². The maximum Gasteiger partial charge on any atom is 0.120 e. The Kier molecular flexibility index (Phi) is 9.37. The van der Waals surface area contributed by atoms with Crippen molar-refractivity contribution in [2.24, 2.45) is 0 Å². The Morgan fingerprint density at radius 2 is 1.49 bits per heavy atom. The minimum atomic E-state index is -2.08. The van der Waals surface area contributed by atoms with Gasteiger partial charge >= 0.3 is 0 Å². The second-order valence-corrected chi connectivity index (χ2v) is 20.2. The van der Waals surface area contributed by atoms with Crippen molar-refractivity contribution in [1.29, 1.82) is 0 Å². The Morgan fingerprint density at radius 1 is 0.737 bits per heavy atom. The van der Waals surface area contributed by atoms with E-state index in [1.54, 1.807) is 12.1 Å². The van der Waals surface area contributed by atoms with Crippen LogP contribution in [0.2, 0.25) is 19.6 Å². The molecule has 4 nitrogen and oxygen atoms in total. The van der Waals surface area contributed by atoms with E-state index in [1.165, 1.54) is 22.2 Å². The number of hydrogen-bond donors (Lipinski definition) is 0. The molecule has 0 aliphatic heterocycles. The van der Waals surface area contributed by atoms with Crippen LogP contribution < -0.4 is 5.19 Å². The van der Waals surface area contributed by atoms with Crippen LogP contribution in [-0.4, -0.2) is 22.6 Å². The molecule has 57 heavy (non-hydrogen) atoms. The van der Waals surface area contributed by atoms with Gasteiger partial charge in [0.1, 0.15) is 5.58 Å².